The number of esters is 1. The third-order valence-corrected chi connectivity index (χ3v) is 3.89. The maximum atomic E-state index is 13.7. The predicted molar refractivity (Wildman–Crippen MR) is 104 cm³/mol. The zero-order chi connectivity index (χ0) is 20.8. The summed E-state index contributed by atoms with van der Waals surface area (Å²) in [7, 11) is 0. The van der Waals surface area contributed by atoms with Crippen LogP contribution in [0.2, 0.25) is 0 Å². The molecule has 0 bridgehead atoms. The molecule has 0 radical (unpaired) electrons. The van der Waals surface area contributed by atoms with Crippen LogP contribution in [-0.2, 0) is 4.74 Å². The highest BCUT2D eigenvalue weighted by Crippen LogP contribution is 2.20. The van der Waals surface area contributed by atoms with Crippen molar-refractivity contribution in [2.24, 2.45) is 0 Å². The van der Waals surface area contributed by atoms with Gasteiger partial charge in [-0.25, -0.2) is 18.6 Å². The normalized spacial score (nSPS) is 10.3. The van der Waals surface area contributed by atoms with E-state index in [9.17, 15) is 18.4 Å². The van der Waals surface area contributed by atoms with Gasteiger partial charge in [-0.2, -0.15) is 0 Å². The number of pyridine rings is 1. The smallest absolute Gasteiger partial charge is 0.340 e. The summed E-state index contributed by atoms with van der Waals surface area (Å²) >= 11 is 0. The van der Waals surface area contributed by atoms with Crippen LogP contribution >= 0.6 is 0 Å². The highest BCUT2D eigenvalue weighted by atomic mass is 19.1. The fraction of sp³-hybridized carbons (Fsp3) is 0.0952. The van der Waals surface area contributed by atoms with Crippen LogP contribution in [0.4, 0.5) is 26.0 Å². The molecule has 3 rings (SSSR count). The number of benzene rings is 2. The molecule has 3 aromatic rings. The predicted octanol–water partition coefficient (Wildman–Crippen LogP) is 4.53. The van der Waals surface area contributed by atoms with E-state index in [4.69, 9.17) is 4.74 Å². The molecule has 0 atom stereocenters. The lowest BCUT2D eigenvalue weighted by molar-refractivity contribution is 0.0527. The molecule has 8 heteroatoms. The second-order valence-electron chi connectivity index (χ2n) is 5.90. The molecular weight excluding hydrogens is 380 g/mol. The first-order valence-corrected chi connectivity index (χ1v) is 8.73. The monoisotopic (exact) mass is 397 g/mol. The largest absolute Gasteiger partial charge is 0.462 e. The Labute approximate surface area is 165 Å². The molecule has 0 aliphatic rings. The summed E-state index contributed by atoms with van der Waals surface area (Å²) in [6, 6.07) is 12.6. The van der Waals surface area contributed by atoms with E-state index in [0.717, 1.165) is 12.1 Å². The van der Waals surface area contributed by atoms with Crippen molar-refractivity contribution in [1.29, 1.82) is 0 Å². The van der Waals surface area contributed by atoms with Crippen molar-refractivity contribution in [3.8, 4) is 0 Å². The maximum absolute atomic E-state index is 13.7. The summed E-state index contributed by atoms with van der Waals surface area (Å²) in [6.45, 7) is 1.91. The van der Waals surface area contributed by atoms with Crippen LogP contribution in [0.15, 0.2) is 60.8 Å². The minimum absolute atomic E-state index is 0.0551. The van der Waals surface area contributed by atoms with E-state index in [1.807, 2.05) is 0 Å². The first-order valence-electron chi connectivity index (χ1n) is 8.73. The number of amides is 1. The van der Waals surface area contributed by atoms with Crippen LogP contribution < -0.4 is 10.6 Å². The van der Waals surface area contributed by atoms with Crippen molar-refractivity contribution < 1.29 is 23.1 Å². The summed E-state index contributed by atoms with van der Waals surface area (Å²) in [5, 5.41) is 5.36. The van der Waals surface area contributed by atoms with Gasteiger partial charge in [-0.05, 0) is 43.3 Å². The zero-order valence-corrected chi connectivity index (χ0v) is 15.4. The lowest BCUT2D eigenvalue weighted by Crippen LogP contribution is -2.16. The number of para-hydroxylation sites is 1. The third kappa shape index (κ3) is 4.92. The minimum Gasteiger partial charge on any atom is -0.462 e. The summed E-state index contributed by atoms with van der Waals surface area (Å²) in [4.78, 5) is 28.5. The summed E-state index contributed by atoms with van der Waals surface area (Å²) < 4.78 is 31.7. The van der Waals surface area contributed by atoms with Gasteiger partial charge in [-0.3, -0.25) is 4.79 Å². The van der Waals surface area contributed by atoms with Crippen LogP contribution in [0.25, 0.3) is 0 Å². The topological polar surface area (TPSA) is 80.3 Å². The summed E-state index contributed by atoms with van der Waals surface area (Å²) in [5.74, 6) is -2.18. The standard InChI is InChI=1S/C21H17F2N3O3/c1-2-29-21(28)15-5-3-4-6-17(15)26-20(27)13-7-10-19(24-12-13)25-18-9-8-14(22)11-16(18)23/h3-12H,2H2,1H3,(H,24,25)(H,26,27). The molecule has 29 heavy (non-hydrogen) atoms. The molecule has 6 nitrogen and oxygen atoms in total. The van der Waals surface area contributed by atoms with Gasteiger partial charge in [0.05, 0.1) is 29.1 Å². The Morgan fingerprint density at radius 2 is 1.83 bits per heavy atom. The van der Waals surface area contributed by atoms with E-state index in [2.05, 4.69) is 15.6 Å². The Hall–Kier alpha value is -3.81. The Bertz CT molecular complexity index is 1040. The molecule has 1 heterocycles. The number of halogens is 2. The summed E-state index contributed by atoms with van der Waals surface area (Å²) in [6.07, 6.45) is 1.30. The van der Waals surface area contributed by atoms with Gasteiger partial charge in [-0.1, -0.05) is 12.1 Å². The quantitative estimate of drug-likeness (QED) is 0.598. The molecule has 0 fully saturated rings. The molecule has 148 valence electrons. The van der Waals surface area contributed by atoms with Gasteiger partial charge in [0.2, 0.25) is 0 Å². The summed E-state index contributed by atoms with van der Waals surface area (Å²) in [5.41, 5.74) is 0.834. The van der Waals surface area contributed by atoms with E-state index in [-0.39, 0.29) is 29.2 Å². The molecular formula is C21H17F2N3O3. The van der Waals surface area contributed by atoms with Gasteiger partial charge in [0.1, 0.15) is 17.5 Å². The van der Waals surface area contributed by atoms with Gasteiger partial charge < -0.3 is 15.4 Å². The lowest BCUT2D eigenvalue weighted by atomic mass is 10.1. The molecule has 0 unspecified atom stereocenters. The van der Waals surface area contributed by atoms with E-state index < -0.39 is 23.5 Å². The van der Waals surface area contributed by atoms with Crippen molar-refractivity contribution in [3.05, 3.63) is 83.6 Å². The van der Waals surface area contributed by atoms with Gasteiger partial charge >= 0.3 is 5.97 Å². The number of carbonyl (C=O) groups excluding carboxylic acids is 2. The number of aromatic nitrogens is 1. The van der Waals surface area contributed by atoms with Crippen LogP contribution in [0.1, 0.15) is 27.6 Å². The van der Waals surface area contributed by atoms with E-state index in [1.165, 1.54) is 24.4 Å². The van der Waals surface area contributed by atoms with Crippen LogP contribution in [0.3, 0.4) is 0 Å². The number of hydrogen-bond donors (Lipinski definition) is 2. The molecule has 0 aliphatic heterocycles. The minimum atomic E-state index is -0.760. The molecule has 0 saturated heterocycles. The molecule has 2 aromatic carbocycles. The van der Waals surface area contributed by atoms with Gasteiger partial charge in [0.15, 0.2) is 0 Å². The number of nitrogens with one attached hydrogen (secondary N) is 2. The number of anilines is 3. The average molecular weight is 397 g/mol. The van der Waals surface area contributed by atoms with E-state index in [0.29, 0.717) is 5.69 Å². The lowest BCUT2D eigenvalue weighted by Gasteiger charge is -2.11. The molecule has 0 spiro atoms. The molecule has 2 N–H and O–H groups in total. The molecule has 0 saturated carbocycles. The first-order chi connectivity index (χ1) is 14.0. The van der Waals surface area contributed by atoms with Crippen molar-refractivity contribution in [2.45, 2.75) is 6.92 Å². The highest BCUT2D eigenvalue weighted by Gasteiger charge is 2.15. The Balaban J connectivity index is 1.72. The fourth-order valence-corrected chi connectivity index (χ4v) is 2.50. The van der Waals surface area contributed by atoms with Gasteiger partial charge in [-0.15, -0.1) is 0 Å². The highest BCUT2D eigenvalue weighted by molar-refractivity contribution is 6.07. The maximum Gasteiger partial charge on any atom is 0.340 e. The first kappa shape index (κ1) is 19.9. The second kappa shape index (κ2) is 8.92. The zero-order valence-electron chi connectivity index (χ0n) is 15.4. The number of ether oxygens (including phenoxy) is 1. The fourth-order valence-electron chi connectivity index (χ4n) is 2.50. The molecule has 0 aliphatic carbocycles. The van der Waals surface area contributed by atoms with Crippen molar-refractivity contribution in [3.63, 3.8) is 0 Å². The number of nitrogens with zero attached hydrogens (tertiary/aromatic N) is 1. The van der Waals surface area contributed by atoms with Crippen molar-refractivity contribution in [2.75, 3.05) is 17.2 Å². The second-order valence-corrected chi connectivity index (χ2v) is 5.90. The van der Waals surface area contributed by atoms with Crippen molar-refractivity contribution >= 4 is 29.1 Å². The number of rotatable bonds is 6. The van der Waals surface area contributed by atoms with E-state index >= 15 is 0 Å². The Kier molecular flexibility index (Phi) is 6.13. The number of carbonyl (C=O) groups is 2. The van der Waals surface area contributed by atoms with Gasteiger partial charge in [0, 0.05) is 12.3 Å². The van der Waals surface area contributed by atoms with Crippen molar-refractivity contribution in [1.82, 2.24) is 4.98 Å². The Morgan fingerprint density at radius 1 is 1.03 bits per heavy atom. The Morgan fingerprint density at radius 3 is 2.52 bits per heavy atom. The molecule has 1 amide bonds. The molecule has 1 aromatic heterocycles. The SMILES string of the molecule is CCOC(=O)c1ccccc1NC(=O)c1ccc(Nc2ccc(F)cc2F)nc1. The van der Waals surface area contributed by atoms with Crippen LogP contribution in [0, 0.1) is 11.6 Å². The van der Waals surface area contributed by atoms with Gasteiger partial charge in [0.25, 0.3) is 5.91 Å². The van der Waals surface area contributed by atoms with Crippen LogP contribution in [0.5, 0.6) is 0 Å². The average Bonchev–Trinajstić information content (AvgIpc) is 2.71. The number of hydrogen-bond acceptors (Lipinski definition) is 5. The van der Waals surface area contributed by atoms with E-state index in [1.54, 1.807) is 31.2 Å². The third-order valence-electron chi connectivity index (χ3n) is 3.89. The van der Waals surface area contributed by atoms with Crippen LogP contribution in [-0.4, -0.2) is 23.5 Å².